The first-order valence-electron chi connectivity index (χ1n) is 5.93. The molecule has 0 atom stereocenters. The Kier molecular flexibility index (Phi) is 4.38. The number of anilines is 1. The van der Waals surface area contributed by atoms with Crippen molar-refractivity contribution in [1.29, 1.82) is 0 Å². The summed E-state index contributed by atoms with van der Waals surface area (Å²) in [6.45, 7) is 1.40. The zero-order valence-electron chi connectivity index (χ0n) is 10.2. The number of hydrogen-bond donors (Lipinski definition) is 2. The van der Waals surface area contributed by atoms with Crippen molar-refractivity contribution in [3.63, 3.8) is 0 Å². The average molecular weight is 270 g/mol. The van der Waals surface area contributed by atoms with E-state index in [-0.39, 0.29) is 11.9 Å². The molecule has 18 heavy (non-hydrogen) atoms. The summed E-state index contributed by atoms with van der Waals surface area (Å²) >= 11 is 5.86. The van der Waals surface area contributed by atoms with Gasteiger partial charge < -0.3 is 15.4 Å². The van der Waals surface area contributed by atoms with Crippen LogP contribution in [0.25, 0.3) is 0 Å². The molecule has 0 aliphatic carbocycles. The Morgan fingerprint density at radius 1 is 1.44 bits per heavy atom. The van der Waals surface area contributed by atoms with Gasteiger partial charge >= 0.3 is 0 Å². The molecule has 2 rings (SSSR count). The SMILES string of the molecule is CNc1cc(C(=O)NC2CCOCC2)cc(Cl)n1. The molecule has 1 amide bonds. The van der Waals surface area contributed by atoms with Gasteiger partial charge in [0, 0.05) is 31.9 Å². The Morgan fingerprint density at radius 3 is 2.83 bits per heavy atom. The van der Waals surface area contributed by atoms with Crippen LogP contribution in [-0.4, -0.2) is 37.2 Å². The molecule has 2 N–H and O–H groups in total. The van der Waals surface area contributed by atoms with E-state index in [1.165, 1.54) is 0 Å². The van der Waals surface area contributed by atoms with Crippen molar-refractivity contribution < 1.29 is 9.53 Å². The maximum atomic E-state index is 12.1. The number of amides is 1. The van der Waals surface area contributed by atoms with E-state index in [4.69, 9.17) is 16.3 Å². The Labute approximate surface area is 111 Å². The minimum atomic E-state index is -0.122. The molecule has 0 bridgehead atoms. The fraction of sp³-hybridized carbons (Fsp3) is 0.500. The monoisotopic (exact) mass is 269 g/mol. The maximum absolute atomic E-state index is 12.1. The van der Waals surface area contributed by atoms with E-state index in [0.29, 0.717) is 29.7 Å². The molecule has 0 aromatic carbocycles. The van der Waals surface area contributed by atoms with Gasteiger partial charge in [0.2, 0.25) is 0 Å². The number of aromatic nitrogens is 1. The Morgan fingerprint density at radius 2 is 2.17 bits per heavy atom. The summed E-state index contributed by atoms with van der Waals surface area (Å²) in [7, 11) is 1.73. The van der Waals surface area contributed by atoms with Crippen LogP contribution in [0.1, 0.15) is 23.2 Å². The first kappa shape index (κ1) is 13.1. The van der Waals surface area contributed by atoms with E-state index in [9.17, 15) is 4.79 Å². The quantitative estimate of drug-likeness (QED) is 0.820. The van der Waals surface area contributed by atoms with Crippen molar-refractivity contribution in [2.75, 3.05) is 25.6 Å². The van der Waals surface area contributed by atoms with Crippen molar-refractivity contribution >= 4 is 23.3 Å². The number of carbonyl (C=O) groups excluding carboxylic acids is 1. The highest BCUT2D eigenvalue weighted by Crippen LogP contribution is 2.15. The summed E-state index contributed by atoms with van der Waals surface area (Å²) < 4.78 is 5.25. The molecule has 6 heteroatoms. The Hall–Kier alpha value is -1.33. The summed E-state index contributed by atoms with van der Waals surface area (Å²) in [4.78, 5) is 16.1. The Bertz CT molecular complexity index is 433. The van der Waals surface area contributed by atoms with E-state index in [1.54, 1.807) is 19.2 Å². The van der Waals surface area contributed by atoms with Crippen LogP contribution in [0.4, 0.5) is 5.82 Å². The lowest BCUT2D eigenvalue weighted by Gasteiger charge is -2.23. The van der Waals surface area contributed by atoms with Crippen molar-refractivity contribution in [1.82, 2.24) is 10.3 Å². The van der Waals surface area contributed by atoms with E-state index in [2.05, 4.69) is 15.6 Å². The fourth-order valence-electron chi connectivity index (χ4n) is 1.87. The van der Waals surface area contributed by atoms with Gasteiger partial charge in [-0.3, -0.25) is 4.79 Å². The smallest absolute Gasteiger partial charge is 0.251 e. The van der Waals surface area contributed by atoms with Crippen LogP contribution < -0.4 is 10.6 Å². The van der Waals surface area contributed by atoms with Crippen molar-refractivity contribution in [3.05, 3.63) is 22.8 Å². The van der Waals surface area contributed by atoms with Crippen LogP contribution in [0.15, 0.2) is 12.1 Å². The second kappa shape index (κ2) is 6.02. The zero-order valence-corrected chi connectivity index (χ0v) is 11.0. The van der Waals surface area contributed by atoms with Gasteiger partial charge in [-0.25, -0.2) is 4.98 Å². The lowest BCUT2D eigenvalue weighted by Crippen LogP contribution is -2.38. The molecule has 1 aromatic heterocycles. The molecule has 0 radical (unpaired) electrons. The van der Waals surface area contributed by atoms with Crippen LogP contribution in [0, 0.1) is 0 Å². The first-order chi connectivity index (χ1) is 8.69. The summed E-state index contributed by atoms with van der Waals surface area (Å²) in [5.74, 6) is 0.460. The van der Waals surface area contributed by atoms with Crippen molar-refractivity contribution in [2.24, 2.45) is 0 Å². The summed E-state index contributed by atoms with van der Waals surface area (Å²) in [5.41, 5.74) is 0.519. The van der Waals surface area contributed by atoms with Gasteiger partial charge in [-0.1, -0.05) is 11.6 Å². The van der Waals surface area contributed by atoms with E-state index >= 15 is 0 Å². The van der Waals surface area contributed by atoms with Gasteiger partial charge in [0.15, 0.2) is 0 Å². The lowest BCUT2D eigenvalue weighted by molar-refractivity contribution is 0.0696. The molecule has 2 heterocycles. The maximum Gasteiger partial charge on any atom is 0.251 e. The predicted octanol–water partition coefficient (Wildman–Crippen LogP) is 1.69. The molecular formula is C12H16ClN3O2. The number of pyridine rings is 1. The summed E-state index contributed by atoms with van der Waals surface area (Å²) in [6, 6.07) is 3.42. The topological polar surface area (TPSA) is 63.2 Å². The van der Waals surface area contributed by atoms with Crippen LogP contribution in [0.3, 0.4) is 0 Å². The van der Waals surface area contributed by atoms with Gasteiger partial charge in [0.25, 0.3) is 5.91 Å². The average Bonchev–Trinajstić information content (AvgIpc) is 2.39. The first-order valence-corrected chi connectivity index (χ1v) is 6.31. The number of nitrogens with one attached hydrogen (secondary N) is 2. The molecule has 0 spiro atoms. The van der Waals surface area contributed by atoms with Crippen LogP contribution in [-0.2, 0) is 4.74 Å². The molecule has 1 aliphatic rings. The number of hydrogen-bond acceptors (Lipinski definition) is 4. The third-order valence-electron chi connectivity index (χ3n) is 2.87. The number of nitrogens with zero attached hydrogens (tertiary/aromatic N) is 1. The van der Waals surface area contributed by atoms with Crippen molar-refractivity contribution in [3.8, 4) is 0 Å². The molecule has 0 unspecified atom stereocenters. The second-order valence-corrected chi connectivity index (χ2v) is 4.56. The van der Waals surface area contributed by atoms with Crippen LogP contribution in [0.5, 0.6) is 0 Å². The minimum Gasteiger partial charge on any atom is -0.381 e. The molecule has 0 saturated carbocycles. The van der Waals surface area contributed by atoms with Crippen molar-refractivity contribution in [2.45, 2.75) is 18.9 Å². The van der Waals surface area contributed by atoms with Crippen LogP contribution in [0.2, 0.25) is 5.15 Å². The molecule has 1 aromatic rings. The largest absolute Gasteiger partial charge is 0.381 e. The molecule has 1 fully saturated rings. The van der Waals surface area contributed by atoms with Gasteiger partial charge in [-0.15, -0.1) is 0 Å². The van der Waals surface area contributed by atoms with Gasteiger partial charge in [-0.05, 0) is 25.0 Å². The van der Waals surface area contributed by atoms with Gasteiger partial charge in [-0.2, -0.15) is 0 Å². The molecule has 1 saturated heterocycles. The minimum absolute atomic E-state index is 0.122. The van der Waals surface area contributed by atoms with Gasteiger partial charge in [0.05, 0.1) is 0 Å². The third kappa shape index (κ3) is 3.34. The number of halogens is 1. The van der Waals surface area contributed by atoms with Gasteiger partial charge in [0.1, 0.15) is 11.0 Å². The molecule has 98 valence electrons. The summed E-state index contributed by atoms with van der Waals surface area (Å²) in [6.07, 6.45) is 1.70. The highest BCUT2D eigenvalue weighted by molar-refractivity contribution is 6.29. The highest BCUT2D eigenvalue weighted by atomic mass is 35.5. The van der Waals surface area contributed by atoms with E-state index < -0.39 is 0 Å². The molecular weight excluding hydrogens is 254 g/mol. The number of carbonyl (C=O) groups is 1. The Balaban J connectivity index is 2.05. The number of ether oxygens (including phenoxy) is 1. The third-order valence-corrected chi connectivity index (χ3v) is 3.06. The standard InChI is InChI=1S/C12H16ClN3O2/c1-14-11-7-8(6-10(13)16-11)12(17)15-9-2-4-18-5-3-9/h6-7,9H,2-5H2,1H3,(H,14,16)(H,15,17). The lowest BCUT2D eigenvalue weighted by atomic mass is 10.1. The molecule has 5 nitrogen and oxygen atoms in total. The summed E-state index contributed by atoms with van der Waals surface area (Å²) in [5, 5.41) is 6.16. The molecule has 1 aliphatic heterocycles. The zero-order chi connectivity index (χ0) is 13.0. The normalized spacial score (nSPS) is 16.3. The highest BCUT2D eigenvalue weighted by Gasteiger charge is 2.17. The fourth-order valence-corrected chi connectivity index (χ4v) is 2.08. The van der Waals surface area contributed by atoms with Crippen LogP contribution >= 0.6 is 11.6 Å². The number of rotatable bonds is 3. The van der Waals surface area contributed by atoms with E-state index in [1.807, 2.05) is 0 Å². The van der Waals surface area contributed by atoms with E-state index in [0.717, 1.165) is 12.8 Å². The second-order valence-electron chi connectivity index (χ2n) is 4.17. The predicted molar refractivity (Wildman–Crippen MR) is 70.1 cm³/mol.